The summed E-state index contributed by atoms with van der Waals surface area (Å²) < 4.78 is 4.31. The third kappa shape index (κ3) is 0.853. The maximum Gasteiger partial charge on any atom is 0.199 e. The number of aliphatic hydroxyl groups is 2. The zero-order valence-electron chi connectivity index (χ0n) is 3.98. The molecule has 1 heterocycles. The van der Waals surface area contributed by atoms with E-state index in [1.807, 2.05) is 0 Å². The van der Waals surface area contributed by atoms with E-state index in [0.29, 0.717) is 0 Å². The Morgan fingerprint density at radius 3 is 2.62 bits per heavy atom. The van der Waals surface area contributed by atoms with Crippen molar-refractivity contribution in [3.05, 3.63) is 18.0 Å². The van der Waals surface area contributed by atoms with E-state index in [-0.39, 0.29) is 5.69 Å². The van der Waals surface area contributed by atoms with Crippen LogP contribution in [0.1, 0.15) is 12.0 Å². The van der Waals surface area contributed by atoms with E-state index in [9.17, 15) is 0 Å². The summed E-state index contributed by atoms with van der Waals surface area (Å²) in [4.78, 5) is 0. The summed E-state index contributed by atoms with van der Waals surface area (Å²) in [6.07, 6.45) is -0.247. The highest BCUT2D eigenvalue weighted by Crippen LogP contribution is 2.03. The van der Waals surface area contributed by atoms with Gasteiger partial charge in [-0.05, 0) is 0 Å². The lowest BCUT2D eigenvalue weighted by atomic mass is 10.4. The standard InChI is InChI=1S/C4H5NO3/c6-4(7)3-1-2-8-5-3/h1-2,4,6-7H. The number of aromatic nitrogens is 1. The maximum absolute atomic E-state index is 8.35. The lowest BCUT2D eigenvalue weighted by molar-refractivity contribution is -0.0476. The first-order valence-electron chi connectivity index (χ1n) is 2.07. The highest BCUT2D eigenvalue weighted by Gasteiger charge is 2.02. The Morgan fingerprint density at radius 2 is 2.38 bits per heavy atom. The second-order valence-electron chi connectivity index (χ2n) is 1.30. The van der Waals surface area contributed by atoms with Gasteiger partial charge >= 0.3 is 0 Å². The monoisotopic (exact) mass is 115 g/mol. The van der Waals surface area contributed by atoms with Crippen LogP contribution in [0.3, 0.4) is 0 Å². The summed E-state index contributed by atoms with van der Waals surface area (Å²) in [6.45, 7) is 0. The van der Waals surface area contributed by atoms with Crippen LogP contribution in [0.4, 0.5) is 0 Å². The zero-order valence-corrected chi connectivity index (χ0v) is 3.98. The van der Waals surface area contributed by atoms with Crippen molar-refractivity contribution < 1.29 is 14.7 Å². The smallest absolute Gasteiger partial charge is 0.199 e. The van der Waals surface area contributed by atoms with Gasteiger partial charge in [-0.25, -0.2) is 0 Å². The second-order valence-corrected chi connectivity index (χ2v) is 1.30. The Bertz CT molecular complexity index is 146. The Balaban J connectivity index is 2.77. The molecule has 0 bridgehead atoms. The van der Waals surface area contributed by atoms with E-state index in [0.717, 1.165) is 0 Å². The fourth-order valence-corrected chi connectivity index (χ4v) is 0.355. The first-order valence-corrected chi connectivity index (χ1v) is 2.07. The molecule has 0 atom stereocenters. The molecule has 0 aliphatic carbocycles. The van der Waals surface area contributed by atoms with Gasteiger partial charge < -0.3 is 14.7 Å². The van der Waals surface area contributed by atoms with Gasteiger partial charge in [0.1, 0.15) is 12.0 Å². The van der Waals surface area contributed by atoms with Crippen LogP contribution >= 0.6 is 0 Å². The number of hydrogen-bond acceptors (Lipinski definition) is 4. The van der Waals surface area contributed by atoms with Crippen LogP contribution in [-0.4, -0.2) is 15.4 Å². The van der Waals surface area contributed by atoms with Crippen LogP contribution < -0.4 is 0 Å². The third-order valence-electron chi connectivity index (χ3n) is 0.722. The summed E-state index contributed by atoms with van der Waals surface area (Å²) in [6, 6.07) is 1.38. The van der Waals surface area contributed by atoms with Crippen molar-refractivity contribution in [2.24, 2.45) is 0 Å². The van der Waals surface area contributed by atoms with Crippen molar-refractivity contribution in [3.8, 4) is 0 Å². The minimum atomic E-state index is -1.52. The van der Waals surface area contributed by atoms with Crippen molar-refractivity contribution in [2.75, 3.05) is 0 Å². The number of aliphatic hydroxyl groups excluding tert-OH is 1. The lowest BCUT2D eigenvalue weighted by Gasteiger charge is -1.91. The fourth-order valence-electron chi connectivity index (χ4n) is 0.355. The first kappa shape index (κ1) is 5.27. The molecule has 44 valence electrons. The summed E-state index contributed by atoms with van der Waals surface area (Å²) in [5.41, 5.74) is 0.130. The van der Waals surface area contributed by atoms with Crippen molar-refractivity contribution in [1.82, 2.24) is 5.16 Å². The van der Waals surface area contributed by atoms with Gasteiger partial charge in [0.25, 0.3) is 0 Å². The first-order chi connectivity index (χ1) is 3.80. The van der Waals surface area contributed by atoms with Crippen molar-refractivity contribution in [3.63, 3.8) is 0 Å². The Labute approximate surface area is 45.4 Å². The molecule has 1 aromatic rings. The minimum absolute atomic E-state index is 0.130. The molecule has 0 amide bonds. The van der Waals surface area contributed by atoms with Crippen LogP contribution in [0.15, 0.2) is 16.9 Å². The summed E-state index contributed by atoms with van der Waals surface area (Å²) in [5, 5.41) is 19.9. The molecule has 1 aromatic heterocycles. The van der Waals surface area contributed by atoms with Crippen molar-refractivity contribution >= 4 is 0 Å². The average molecular weight is 115 g/mol. The molecule has 0 radical (unpaired) electrons. The number of hydrogen-bond donors (Lipinski definition) is 2. The Morgan fingerprint density at radius 1 is 1.62 bits per heavy atom. The molecular formula is C4H5NO3. The second kappa shape index (κ2) is 1.94. The maximum atomic E-state index is 8.35. The van der Waals surface area contributed by atoms with Crippen LogP contribution in [0.5, 0.6) is 0 Å². The number of rotatable bonds is 1. The third-order valence-corrected chi connectivity index (χ3v) is 0.722. The van der Waals surface area contributed by atoms with Gasteiger partial charge in [0.05, 0.1) is 0 Å². The molecule has 0 aliphatic heterocycles. The molecule has 0 saturated carbocycles. The molecule has 4 heteroatoms. The Kier molecular flexibility index (Phi) is 1.27. The van der Waals surface area contributed by atoms with Gasteiger partial charge in [0.15, 0.2) is 6.29 Å². The van der Waals surface area contributed by atoms with Gasteiger partial charge in [0, 0.05) is 6.07 Å². The van der Waals surface area contributed by atoms with E-state index >= 15 is 0 Å². The van der Waals surface area contributed by atoms with Crippen LogP contribution in [0.25, 0.3) is 0 Å². The average Bonchev–Trinajstić information content (AvgIpc) is 2.12. The summed E-state index contributed by atoms with van der Waals surface area (Å²) in [5.74, 6) is 0. The minimum Gasteiger partial charge on any atom is -0.364 e. The topological polar surface area (TPSA) is 66.5 Å². The van der Waals surface area contributed by atoms with Crippen molar-refractivity contribution in [1.29, 1.82) is 0 Å². The quantitative estimate of drug-likeness (QED) is 0.491. The molecule has 0 aromatic carbocycles. The predicted molar refractivity (Wildman–Crippen MR) is 23.7 cm³/mol. The predicted octanol–water partition coefficient (Wildman–Crippen LogP) is -0.342. The van der Waals surface area contributed by atoms with Crippen LogP contribution in [0.2, 0.25) is 0 Å². The van der Waals surface area contributed by atoms with E-state index < -0.39 is 6.29 Å². The Hall–Kier alpha value is -0.870. The summed E-state index contributed by atoms with van der Waals surface area (Å²) in [7, 11) is 0. The van der Waals surface area contributed by atoms with E-state index in [2.05, 4.69) is 9.68 Å². The largest absolute Gasteiger partial charge is 0.364 e. The lowest BCUT2D eigenvalue weighted by Crippen LogP contribution is -1.93. The molecule has 0 fully saturated rings. The number of nitrogens with zero attached hydrogens (tertiary/aromatic N) is 1. The normalized spacial score (nSPS) is 10.4. The van der Waals surface area contributed by atoms with Gasteiger partial charge in [-0.2, -0.15) is 0 Å². The molecule has 2 N–H and O–H groups in total. The van der Waals surface area contributed by atoms with Crippen LogP contribution in [0, 0.1) is 0 Å². The molecule has 0 spiro atoms. The molecular weight excluding hydrogens is 110 g/mol. The van der Waals surface area contributed by atoms with Crippen molar-refractivity contribution in [2.45, 2.75) is 6.29 Å². The SMILES string of the molecule is OC(O)c1ccon1. The van der Waals surface area contributed by atoms with Crippen LogP contribution in [-0.2, 0) is 0 Å². The van der Waals surface area contributed by atoms with Gasteiger partial charge in [-0.15, -0.1) is 0 Å². The summed E-state index contributed by atoms with van der Waals surface area (Å²) >= 11 is 0. The molecule has 4 nitrogen and oxygen atoms in total. The van der Waals surface area contributed by atoms with E-state index in [1.165, 1.54) is 12.3 Å². The van der Waals surface area contributed by atoms with Gasteiger partial charge in [-0.3, -0.25) is 0 Å². The van der Waals surface area contributed by atoms with Gasteiger partial charge in [-0.1, -0.05) is 5.16 Å². The molecule has 8 heavy (non-hydrogen) atoms. The fraction of sp³-hybridized carbons (Fsp3) is 0.250. The van der Waals surface area contributed by atoms with Gasteiger partial charge in [0.2, 0.25) is 0 Å². The molecule has 0 saturated heterocycles. The molecule has 0 aliphatic rings. The molecule has 1 rings (SSSR count). The van der Waals surface area contributed by atoms with E-state index in [1.54, 1.807) is 0 Å². The van der Waals surface area contributed by atoms with E-state index in [4.69, 9.17) is 10.2 Å². The zero-order chi connectivity index (χ0) is 5.98. The highest BCUT2D eigenvalue weighted by atomic mass is 16.5. The molecule has 0 unspecified atom stereocenters. The highest BCUT2D eigenvalue weighted by molar-refractivity contribution is 4.95.